The zero-order valence-electron chi connectivity index (χ0n) is 13.0. The molecule has 0 fully saturated rings. The maximum absolute atomic E-state index is 6.10. The van der Waals surface area contributed by atoms with Crippen molar-refractivity contribution in [3.8, 4) is 11.4 Å². The van der Waals surface area contributed by atoms with E-state index in [0.717, 1.165) is 26.8 Å². The Hall–Kier alpha value is -1.60. The normalized spacial score (nSPS) is 11.2. The van der Waals surface area contributed by atoms with Crippen LogP contribution in [0.15, 0.2) is 27.1 Å². The summed E-state index contributed by atoms with van der Waals surface area (Å²) in [5, 5.41) is 9.17. The van der Waals surface area contributed by atoms with Gasteiger partial charge in [0.2, 0.25) is 0 Å². The molecule has 0 saturated heterocycles. The Bertz CT molecular complexity index is 905. The lowest BCUT2D eigenvalue weighted by Crippen LogP contribution is -2.02. The highest BCUT2D eigenvalue weighted by Crippen LogP contribution is 2.36. The van der Waals surface area contributed by atoms with E-state index in [9.17, 15) is 0 Å². The summed E-state index contributed by atoms with van der Waals surface area (Å²) in [5.41, 5.74) is 11.2. The van der Waals surface area contributed by atoms with Crippen LogP contribution >= 0.6 is 31.9 Å². The molecule has 0 radical (unpaired) electrons. The number of hydrogen-bond acceptors (Lipinski definition) is 4. The van der Waals surface area contributed by atoms with Crippen LogP contribution in [0.5, 0.6) is 5.75 Å². The van der Waals surface area contributed by atoms with Gasteiger partial charge in [0.05, 0.1) is 22.5 Å². The van der Waals surface area contributed by atoms with Crippen LogP contribution in [-0.2, 0) is 0 Å². The van der Waals surface area contributed by atoms with Crippen LogP contribution in [0, 0.1) is 13.8 Å². The van der Waals surface area contributed by atoms with Gasteiger partial charge in [0, 0.05) is 10.5 Å². The molecule has 0 spiro atoms. The average molecular weight is 440 g/mol. The summed E-state index contributed by atoms with van der Waals surface area (Å²) in [6.07, 6.45) is 0. The maximum Gasteiger partial charge on any atom is 0.145 e. The van der Waals surface area contributed by atoms with Crippen LogP contribution in [-0.4, -0.2) is 21.6 Å². The molecule has 3 aromatic rings. The third kappa shape index (κ3) is 2.83. The number of aryl methyl sites for hydroxylation is 2. The van der Waals surface area contributed by atoms with Gasteiger partial charge in [-0.05, 0) is 60.0 Å². The highest BCUT2D eigenvalue weighted by Gasteiger charge is 2.16. The SMILES string of the molecule is CCOc1cc2nn(-c3cc(C)c(Br)cc3C)nc2c(Br)c1N. The number of nitrogens with zero attached hydrogens (tertiary/aromatic N) is 3. The molecule has 3 rings (SSSR count). The number of nitrogens with two attached hydrogens (primary N) is 1. The second-order valence-electron chi connectivity index (χ2n) is 5.28. The first-order valence-corrected chi connectivity index (χ1v) is 8.76. The Morgan fingerprint density at radius 2 is 1.87 bits per heavy atom. The summed E-state index contributed by atoms with van der Waals surface area (Å²) in [4.78, 5) is 1.64. The highest BCUT2D eigenvalue weighted by molar-refractivity contribution is 9.11. The van der Waals surface area contributed by atoms with Crippen LogP contribution in [0.4, 0.5) is 5.69 Å². The third-order valence-electron chi connectivity index (χ3n) is 3.61. The van der Waals surface area contributed by atoms with Gasteiger partial charge in [-0.3, -0.25) is 0 Å². The minimum absolute atomic E-state index is 0.537. The van der Waals surface area contributed by atoms with E-state index in [2.05, 4.69) is 54.2 Å². The third-order valence-corrected chi connectivity index (χ3v) is 5.27. The van der Waals surface area contributed by atoms with Gasteiger partial charge in [-0.1, -0.05) is 15.9 Å². The molecule has 7 heteroatoms. The molecule has 2 N–H and O–H groups in total. The molecule has 0 aliphatic carbocycles. The molecule has 0 unspecified atom stereocenters. The van der Waals surface area contributed by atoms with Gasteiger partial charge in [0.25, 0.3) is 0 Å². The number of rotatable bonds is 3. The maximum atomic E-state index is 6.10. The Balaban J connectivity index is 2.21. The Morgan fingerprint density at radius 1 is 1.13 bits per heavy atom. The number of anilines is 1. The van der Waals surface area contributed by atoms with Crippen molar-refractivity contribution >= 4 is 48.6 Å². The monoisotopic (exact) mass is 438 g/mol. The molecule has 120 valence electrons. The van der Waals surface area contributed by atoms with Crippen molar-refractivity contribution in [2.75, 3.05) is 12.3 Å². The molecular formula is C16H16Br2N4O. The van der Waals surface area contributed by atoms with Crippen molar-refractivity contribution in [2.24, 2.45) is 0 Å². The summed E-state index contributed by atoms with van der Waals surface area (Å²) in [6.45, 7) is 6.53. The first kappa shape index (κ1) is 16.3. The fourth-order valence-electron chi connectivity index (χ4n) is 2.37. The van der Waals surface area contributed by atoms with Crippen molar-refractivity contribution < 1.29 is 4.74 Å². The molecule has 1 aromatic heterocycles. The summed E-state index contributed by atoms with van der Waals surface area (Å²) in [6, 6.07) is 5.94. The van der Waals surface area contributed by atoms with Gasteiger partial charge < -0.3 is 10.5 Å². The van der Waals surface area contributed by atoms with Crippen LogP contribution < -0.4 is 10.5 Å². The van der Waals surface area contributed by atoms with E-state index in [4.69, 9.17) is 10.5 Å². The zero-order valence-corrected chi connectivity index (χ0v) is 16.2. The predicted molar refractivity (Wildman–Crippen MR) is 99.3 cm³/mol. The van der Waals surface area contributed by atoms with Gasteiger partial charge >= 0.3 is 0 Å². The highest BCUT2D eigenvalue weighted by atomic mass is 79.9. The second kappa shape index (κ2) is 6.13. The predicted octanol–water partition coefficient (Wildman–Crippen LogP) is 4.54. The van der Waals surface area contributed by atoms with Crippen LogP contribution in [0.1, 0.15) is 18.1 Å². The number of hydrogen-bond donors (Lipinski definition) is 1. The largest absolute Gasteiger partial charge is 0.492 e. The van der Waals surface area contributed by atoms with Gasteiger partial charge in [-0.15, -0.1) is 10.2 Å². The topological polar surface area (TPSA) is 66.0 Å². The second-order valence-corrected chi connectivity index (χ2v) is 6.93. The molecule has 0 amide bonds. The van der Waals surface area contributed by atoms with Crippen molar-refractivity contribution in [2.45, 2.75) is 20.8 Å². The number of nitrogen functional groups attached to an aromatic ring is 1. The standard InChI is InChI=1S/C16H16Br2N4O/c1-4-23-13-7-11-16(14(18)15(13)19)21-22(20-11)12-6-8(2)10(17)5-9(12)3/h5-7H,4,19H2,1-3H3. The lowest BCUT2D eigenvalue weighted by Gasteiger charge is -2.07. The van der Waals surface area contributed by atoms with E-state index in [1.54, 1.807) is 4.80 Å². The van der Waals surface area contributed by atoms with Crippen molar-refractivity contribution in [3.05, 3.63) is 38.3 Å². The van der Waals surface area contributed by atoms with Gasteiger partial charge in [-0.2, -0.15) is 4.80 Å². The molecular weight excluding hydrogens is 424 g/mol. The number of halogens is 2. The zero-order chi connectivity index (χ0) is 16.7. The molecule has 0 bridgehead atoms. The van der Waals surface area contributed by atoms with Crippen molar-refractivity contribution in [3.63, 3.8) is 0 Å². The van der Waals surface area contributed by atoms with Crippen LogP contribution in [0.3, 0.4) is 0 Å². The number of aromatic nitrogens is 3. The van der Waals surface area contributed by atoms with E-state index in [0.29, 0.717) is 28.0 Å². The smallest absolute Gasteiger partial charge is 0.145 e. The molecule has 1 heterocycles. The van der Waals surface area contributed by atoms with Gasteiger partial charge in [-0.25, -0.2) is 0 Å². The Kier molecular flexibility index (Phi) is 4.33. The van der Waals surface area contributed by atoms with Gasteiger partial charge in [0.1, 0.15) is 16.8 Å². The quantitative estimate of drug-likeness (QED) is 0.608. The fraction of sp³-hybridized carbons (Fsp3) is 0.250. The average Bonchev–Trinajstić information content (AvgIpc) is 2.92. The lowest BCUT2D eigenvalue weighted by atomic mass is 10.1. The Morgan fingerprint density at radius 3 is 2.57 bits per heavy atom. The van der Waals surface area contributed by atoms with E-state index >= 15 is 0 Å². The molecule has 0 atom stereocenters. The first-order valence-electron chi connectivity index (χ1n) is 7.17. The van der Waals surface area contributed by atoms with Crippen molar-refractivity contribution in [1.29, 1.82) is 0 Å². The van der Waals surface area contributed by atoms with E-state index in [-0.39, 0.29) is 0 Å². The number of benzene rings is 2. The molecule has 5 nitrogen and oxygen atoms in total. The Labute approximate surface area is 151 Å². The first-order chi connectivity index (χ1) is 10.9. The lowest BCUT2D eigenvalue weighted by molar-refractivity contribution is 0.342. The summed E-state index contributed by atoms with van der Waals surface area (Å²) < 4.78 is 7.33. The molecule has 0 aliphatic rings. The minimum Gasteiger partial charge on any atom is -0.492 e. The summed E-state index contributed by atoms with van der Waals surface area (Å²) >= 11 is 7.05. The van der Waals surface area contributed by atoms with Crippen LogP contribution in [0.25, 0.3) is 16.7 Å². The van der Waals surface area contributed by atoms with E-state index < -0.39 is 0 Å². The number of fused-ring (bicyclic) bond motifs is 1. The summed E-state index contributed by atoms with van der Waals surface area (Å²) in [7, 11) is 0. The number of ether oxygens (including phenoxy) is 1. The molecule has 0 saturated carbocycles. The molecule has 23 heavy (non-hydrogen) atoms. The molecule has 0 aliphatic heterocycles. The van der Waals surface area contributed by atoms with E-state index in [1.165, 1.54) is 0 Å². The van der Waals surface area contributed by atoms with Gasteiger partial charge in [0.15, 0.2) is 0 Å². The minimum atomic E-state index is 0.537. The van der Waals surface area contributed by atoms with Crippen molar-refractivity contribution in [1.82, 2.24) is 15.0 Å². The summed E-state index contributed by atoms with van der Waals surface area (Å²) in [5.74, 6) is 0.614. The fourth-order valence-corrected chi connectivity index (χ4v) is 3.31. The van der Waals surface area contributed by atoms with E-state index in [1.807, 2.05) is 26.8 Å². The molecule has 2 aromatic carbocycles. The van der Waals surface area contributed by atoms with Crippen LogP contribution in [0.2, 0.25) is 0 Å².